The molecule has 3 aromatic rings. The number of hydrogen-bond donors (Lipinski definition) is 1. The zero-order chi connectivity index (χ0) is 24.0. The first-order valence-electron chi connectivity index (χ1n) is 11.6. The smallest absolute Gasteiger partial charge is 0.260 e. The summed E-state index contributed by atoms with van der Waals surface area (Å²) in [6.45, 7) is 3.41. The molecule has 0 saturated carbocycles. The van der Waals surface area contributed by atoms with Crippen LogP contribution in [-0.2, 0) is 14.8 Å². The lowest BCUT2D eigenvalue weighted by Crippen LogP contribution is -2.38. The number of rotatable bonds is 9. The van der Waals surface area contributed by atoms with Crippen LogP contribution < -0.4 is 14.8 Å². The molecule has 1 atom stereocenters. The number of fused-ring (bicyclic) bond motifs is 1. The average molecular weight is 483 g/mol. The van der Waals surface area contributed by atoms with Crippen molar-refractivity contribution in [1.29, 1.82) is 0 Å². The number of piperidine rings is 1. The Hall–Kier alpha value is -3.10. The van der Waals surface area contributed by atoms with E-state index in [4.69, 9.17) is 9.47 Å². The van der Waals surface area contributed by atoms with E-state index in [0.717, 1.165) is 30.0 Å². The minimum atomic E-state index is -3.46. The minimum Gasteiger partial charge on any atom is -0.492 e. The van der Waals surface area contributed by atoms with Crippen LogP contribution in [-0.4, -0.2) is 51.0 Å². The molecule has 180 valence electrons. The van der Waals surface area contributed by atoms with Crippen molar-refractivity contribution < 1.29 is 22.7 Å². The molecule has 0 spiro atoms. The van der Waals surface area contributed by atoms with E-state index in [2.05, 4.69) is 5.32 Å². The third-order valence-corrected chi connectivity index (χ3v) is 7.78. The predicted octanol–water partition coefficient (Wildman–Crippen LogP) is 3.98. The van der Waals surface area contributed by atoms with Gasteiger partial charge in [0, 0.05) is 18.5 Å². The van der Waals surface area contributed by atoms with E-state index in [1.165, 1.54) is 0 Å². The molecule has 1 aliphatic rings. The van der Waals surface area contributed by atoms with Crippen molar-refractivity contribution in [2.75, 3.05) is 26.2 Å². The SMILES string of the molecule is C[C@@H](Oc1cccc2ccccc12)C(=O)NCCOc1ccc(S(=O)(=O)N2CCCCC2)cc1. The number of nitrogens with one attached hydrogen (secondary N) is 1. The van der Waals surface area contributed by atoms with E-state index in [0.29, 0.717) is 31.1 Å². The number of carbonyl (C=O) groups excluding carboxylic acids is 1. The molecular weight excluding hydrogens is 452 g/mol. The number of benzene rings is 3. The number of hydrogen-bond acceptors (Lipinski definition) is 5. The van der Waals surface area contributed by atoms with Crippen LogP contribution in [0.1, 0.15) is 26.2 Å². The molecule has 0 aromatic heterocycles. The van der Waals surface area contributed by atoms with Gasteiger partial charge >= 0.3 is 0 Å². The maximum atomic E-state index is 12.7. The molecule has 0 radical (unpaired) electrons. The number of amides is 1. The maximum absolute atomic E-state index is 12.7. The van der Waals surface area contributed by atoms with Gasteiger partial charge in [-0.3, -0.25) is 4.79 Å². The van der Waals surface area contributed by atoms with Crippen molar-refractivity contribution in [3.05, 3.63) is 66.7 Å². The van der Waals surface area contributed by atoms with Crippen LogP contribution in [0.15, 0.2) is 71.6 Å². The standard InChI is InChI=1S/C26H30N2O5S/c1-20(33-25-11-7-9-21-8-3-4-10-24(21)25)26(29)27-16-19-32-22-12-14-23(15-13-22)34(30,31)28-17-5-2-6-18-28/h3-4,7-15,20H,2,5-6,16-19H2,1H3,(H,27,29)/t20-/m1/s1. The summed E-state index contributed by atoms with van der Waals surface area (Å²) in [4.78, 5) is 12.7. The topological polar surface area (TPSA) is 84.9 Å². The highest BCUT2D eigenvalue weighted by atomic mass is 32.2. The zero-order valence-electron chi connectivity index (χ0n) is 19.3. The number of sulfonamides is 1. The van der Waals surface area contributed by atoms with Crippen LogP contribution in [0.3, 0.4) is 0 Å². The van der Waals surface area contributed by atoms with Crippen LogP contribution in [0.25, 0.3) is 10.8 Å². The molecule has 0 bridgehead atoms. The third kappa shape index (κ3) is 5.69. The van der Waals surface area contributed by atoms with Crippen molar-refractivity contribution in [3.63, 3.8) is 0 Å². The van der Waals surface area contributed by atoms with E-state index < -0.39 is 16.1 Å². The molecule has 7 nitrogen and oxygen atoms in total. The van der Waals surface area contributed by atoms with Crippen molar-refractivity contribution in [2.45, 2.75) is 37.2 Å². The molecule has 4 rings (SSSR count). The van der Waals surface area contributed by atoms with Crippen molar-refractivity contribution in [1.82, 2.24) is 9.62 Å². The highest BCUT2D eigenvalue weighted by Crippen LogP contribution is 2.26. The van der Waals surface area contributed by atoms with Gasteiger partial charge in [0.25, 0.3) is 5.91 Å². The summed E-state index contributed by atoms with van der Waals surface area (Å²) in [6, 6.07) is 20.0. The Balaban J connectivity index is 1.24. The fourth-order valence-corrected chi connectivity index (χ4v) is 5.51. The molecule has 1 saturated heterocycles. The van der Waals surface area contributed by atoms with Gasteiger partial charge in [-0.25, -0.2) is 8.42 Å². The number of carbonyl (C=O) groups is 1. The Morgan fingerprint density at radius 1 is 0.971 bits per heavy atom. The Morgan fingerprint density at radius 3 is 2.44 bits per heavy atom. The van der Waals surface area contributed by atoms with Gasteiger partial charge in [-0.15, -0.1) is 0 Å². The lowest BCUT2D eigenvalue weighted by atomic mass is 10.1. The Kier molecular flexibility index (Phi) is 7.70. The lowest BCUT2D eigenvalue weighted by Gasteiger charge is -2.25. The second-order valence-corrected chi connectivity index (χ2v) is 10.3. The van der Waals surface area contributed by atoms with E-state index in [-0.39, 0.29) is 17.4 Å². The first-order chi connectivity index (χ1) is 16.4. The molecule has 3 aromatic carbocycles. The van der Waals surface area contributed by atoms with Crippen molar-refractivity contribution in [2.24, 2.45) is 0 Å². The molecule has 1 heterocycles. The van der Waals surface area contributed by atoms with Crippen molar-refractivity contribution >= 4 is 26.7 Å². The highest BCUT2D eigenvalue weighted by Gasteiger charge is 2.25. The highest BCUT2D eigenvalue weighted by molar-refractivity contribution is 7.89. The largest absolute Gasteiger partial charge is 0.492 e. The first-order valence-corrected chi connectivity index (χ1v) is 13.0. The second kappa shape index (κ2) is 10.9. The molecule has 0 unspecified atom stereocenters. The van der Waals surface area contributed by atoms with E-state index in [1.54, 1.807) is 35.5 Å². The molecule has 8 heteroatoms. The van der Waals surface area contributed by atoms with E-state index >= 15 is 0 Å². The van der Waals surface area contributed by atoms with Gasteiger partial charge in [0.05, 0.1) is 11.4 Å². The summed E-state index contributed by atoms with van der Waals surface area (Å²) in [5.41, 5.74) is 0. The predicted molar refractivity (Wildman–Crippen MR) is 132 cm³/mol. The fraction of sp³-hybridized carbons (Fsp3) is 0.346. The van der Waals surface area contributed by atoms with Gasteiger partial charge < -0.3 is 14.8 Å². The summed E-state index contributed by atoms with van der Waals surface area (Å²) >= 11 is 0. The van der Waals surface area contributed by atoms with E-state index in [1.807, 2.05) is 42.5 Å². The molecule has 0 aliphatic carbocycles. The van der Waals surface area contributed by atoms with Crippen LogP contribution in [0.4, 0.5) is 0 Å². The summed E-state index contributed by atoms with van der Waals surface area (Å²) in [7, 11) is -3.46. The minimum absolute atomic E-state index is 0.237. The zero-order valence-corrected chi connectivity index (χ0v) is 20.1. The number of nitrogens with zero attached hydrogens (tertiary/aromatic N) is 1. The second-order valence-electron chi connectivity index (χ2n) is 8.31. The Morgan fingerprint density at radius 2 is 1.68 bits per heavy atom. The van der Waals surface area contributed by atoms with Gasteiger partial charge in [-0.1, -0.05) is 42.8 Å². The lowest BCUT2D eigenvalue weighted by molar-refractivity contribution is -0.127. The molecular formula is C26H30N2O5S. The monoisotopic (exact) mass is 482 g/mol. The van der Waals surface area contributed by atoms with Gasteiger partial charge in [0.2, 0.25) is 10.0 Å². The molecule has 1 aliphatic heterocycles. The van der Waals surface area contributed by atoms with Crippen LogP contribution in [0.2, 0.25) is 0 Å². The van der Waals surface area contributed by atoms with Gasteiger partial charge in [-0.2, -0.15) is 4.31 Å². The maximum Gasteiger partial charge on any atom is 0.260 e. The van der Waals surface area contributed by atoms with Crippen LogP contribution >= 0.6 is 0 Å². The average Bonchev–Trinajstić information content (AvgIpc) is 2.87. The molecule has 1 fully saturated rings. The molecule has 1 N–H and O–H groups in total. The summed E-state index contributed by atoms with van der Waals surface area (Å²) < 4.78 is 38.5. The van der Waals surface area contributed by atoms with Gasteiger partial charge in [-0.05, 0) is 55.5 Å². The summed E-state index contributed by atoms with van der Waals surface area (Å²) in [5, 5.41) is 4.82. The number of ether oxygens (including phenoxy) is 2. The van der Waals surface area contributed by atoms with Gasteiger partial charge in [0.15, 0.2) is 6.10 Å². The summed E-state index contributed by atoms with van der Waals surface area (Å²) in [5.74, 6) is 0.975. The third-order valence-electron chi connectivity index (χ3n) is 5.87. The molecule has 1 amide bonds. The fourth-order valence-electron chi connectivity index (χ4n) is 3.99. The summed E-state index contributed by atoms with van der Waals surface area (Å²) in [6.07, 6.45) is 2.21. The van der Waals surface area contributed by atoms with Crippen LogP contribution in [0, 0.1) is 0 Å². The normalized spacial score (nSPS) is 15.6. The van der Waals surface area contributed by atoms with E-state index in [9.17, 15) is 13.2 Å². The van der Waals surface area contributed by atoms with Crippen molar-refractivity contribution in [3.8, 4) is 11.5 Å². The molecule has 34 heavy (non-hydrogen) atoms. The Labute approximate surface area is 200 Å². The Bertz CT molecular complexity index is 1220. The quantitative estimate of drug-likeness (QED) is 0.467. The van der Waals surface area contributed by atoms with Crippen LogP contribution in [0.5, 0.6) is 11.5 Å². The first kappa shape index (κ1) is 24.0. The van der Waals surface area contributed by atoms with Gasteiger partial charge in [0.1, 0.15) is 18.1 Å².